The number of rotatable bonds is 7. The van der Waals surface area contributed by atoms with E-state index >= 15 is 0 Å². The lowest BCUT2D eigenvalue weighted by molar-refractivity contribution is 0.601. The molecule has 34 heavy (non-hydrogen) atoms. The van der Waals surface area contributed by atoms with Crippen molar-refractivity contribution in [3.05, 3.63) is 113 Å². The average molecular weight is 489 g/mol. The van der Waals surface area contributed by atoms with Crippen LogP contribution in [0.3, 0.4) is 0 Å². The molecule has 0 aliphatic carbocycles. The second-order valence-corrected chi connectivity index (χ2v) is 10.1. The Labute approximate surface area is 200 Å². The number of nitrogens with zero attached hydrogens (tertiary/aromatic N) is 2. The summed E-state index contributed by atoms with van der Waals surface area (Å²) in [4.78, 5) is 17.2. The molecule has 5 aromatic rings. The van der Waals surface area contributed by atoms with E-state index in [-0.39, 0.29) is 10.5 Å². The fourth-order valence-corrected chi connectivity index (χ4v) is 5.47. The SMILES string of the molecule is O=c1c2ccccc2c(CNc2ccc(S(=O)(=O)Nc3nccs3)cc2)cn1-c1ccccc1. The minimum absolute atomic E-state index is 0.0761. The topological polar surface area (TPSA) is 93.1 Å². The van der Waals surface area contributed by atoms with Crippen molar-refractivity contribution in [1.82, 2.24) is 9.55 Å². The molecule has 0 aliphatic rings. The zero-order valence-corrected chi connectivity index (χ0v) is 19.5. The molecule has 5 rings (SSSR count). The number of thiazole rings is 1. The summed E-state index contributed by atoms with van der Waals surface area (Å²) in [6.45, 7) is 0.455. The summed E-state index contributed by atoms with van der Waals surface area (Å²) in [5.41, 5.74) is 2.42. The molecule has 0 saturated carbocycles. The van der Waals surface area contributed by atoms with Gasteiger partial charge in [0.25, 0.3) is 15.6 Å². The van der Waals surface area contributed by atoms with Gasteiger partial charge < -0.3 is 5.32 Å². The predicted molar refractivity (Wildman–Crippen MR) is 136 cm³/mol. The second kappa shape index (κ2) is 9.12. The summed E-state index contributed by atoms with van der Waals surface area (Å²) in [7, 11) is -3.70. The van der Waals surface area contributed by atoms with E-state index in [2.05, 4.69) is 15.0 Å². The third-order valence-electron chi connectivity index (χ3n) is 5.34. The Balaban J connectivity index is 1.41. The van der Waals surface area contributed by atoms with Crippen LogP contribution >= 0.6 is 11.3 Å². The number of aromatic nitrogens is 2. The number of benzene rings is 3. The molecular weight excluding hydrogens is 468 g/mol. The van der Waals surface area contributed by atoms with Gasteiger partial charge in [0, 0.05) is 41.1 Å². The number of hydrogen-bond acceptors (Lipinski definition) is 6. The maximum Gasteiger partial charge on any atom is 0.263 e. The van der Waals surface area contributed by atoms with Crippen LogP contribution in [0.25, 0.3) is 16.5 Å². The van der Waals surface area contributed by atoms with Crippen LogP contribution in [0.1, 0.15) is 5.56 Å². The van der Waals surface area contributed by atoms with Crippen molar-refractivity contribution in [1.29, 1.82) is 0 Å². The molecule has 0 amide bonds. The lowest BCUT2D eigenvalue weighted by atomic mass is 10.1. The summed E-state index contributed by atoms with van der Waals surface area (Å²) in [6.07, 6.45) is 3.39. The van der Waals surface area contributed by atoms with Gasteiger partial charge in [-0.15, -0.1) is 11.3 Å². The molecule has 2 N–H and O–H groups in total. The average Bonchev–Trinajstić information content (AvgIpc) is 3.37. The quantitative estimate of drug-likeness (QED) is 0.341. The van der Waals surface area contributed by atoms with Gasteiger partial charge in [-0.3, -0.25) is 14.1 Å². The highest BCUT2D eigenvalue weighted by Gasteiger charge is 2.15. The number of hydrogen-bond donors (Lipinski definition) is 2. The Morgan fingerprint density at radius 3 is 2.29 bits per heavy atom. The van der Waals surface area contributed by atoms with Gasteiger partial charge in [0.05, 0.1) is 4.90 Å². The number of pyridine rings is 1. The number of fused-ring (bicyclic) bond motifs is 1. The van der Waals surface area contributed by atoms with Crippen LogP contribution in [-0.4, -0.2) is 18.0 Å². The molecular formula is C25H20N4O3S2. The van der Waals surface area contributed by atoms with E-state index in [1.807, 2.05) is 60.8 Å². The molecule has 2 heterocycles. The van der Waals surface area contributed by atoms with Gasteiger partial charge in [-0.25, -0.2) is 13.4 Å². The van der Waals surface area contributed by atoms with E-state index in [1.165, 1.54) is 11.3 Å². The molecule has 0 aliphatic heterocycles. The lowest BCUT2D eigenvalue weighted by Gasteiger charge is -2.14. The minimum atomic E-state index is -3.70. The van der Waals surface area contributed by atoms with Crippen LogP contribution in [0.15, 0.2) is 106 Å². The first-order valence-electron chi connectivity index (χ1n) is 10.5. The molecule has 3 aromatic carbocycles. The van der Waals surface area contributed by atoms with E-state index in [1.54, 1.807) is 40.4 Å². The van der Waals surface area contributed by atoms with Crippen molar-refractivity contribution in [2.24, 2.45) is 0 Å². The molecule has 0 atom stereocenters. The van der Waals surface area contributed by atoms with Crippen LogP contribution in [0, 0.1) is 0 Å². The Bertz CT molecular complexity index is 1600. The van der Waals surface area contributed by atoms with E-state index in [0.717, 1.165) is 22.3 Å². The Morgan fingerprint density at radius 2 is 1.59 bits per heavy atom. The Morgan fingerprint density at radius 1 is 0.882 bits per heavy atom. The molecule has 0 fully saturated rings. The van der Waals surface area contributed by atoms with Crippen molar-refractivity contribution in [2.45, 2.75) is 11.4 Å². The molecule has 7 nitrogen and oxygen atoms in total. The van der Waals surface area contributed by atoms with Gasteiger partial charge in [0.15, 0.2) is 5.13 Å². The van der Waals surface area contributed by atoms with Crippen molar-refractivity contribution >= 4 is 43.0 Å². The van der Waals surface area contributed by atoms with Gasteiger partial charge in [-0.1, -0.05) is 36.4 Å². The van der Waals surface area contributed by atoms with Crippen LogP contribution in [-0.2, 0) is 16.6 Å². The largest absolute Gasteiger partial charge is 0.381 e. The fraction of sp³-hybridized carbons (Fsp3) is 0.0400. The molecule has 9 heteroatoms. The van der Waals surface area contributed by atoms with E-state index in [9.17, 15) is 13.2 Å². The number of nitrogens with one attached hydrogen (secondary N) is 2. The molecule has 0 saturated heterocycles. The predicted octanol–water partition coefficient (Wildman–Crippen LogP) is 4.86. The standard InChI is InChI=1S/C25H20N4O3S2/c30-24-23-9-5-4-8-22(23)18(17-29(24)20-6-2-1-3-7-20)16-27-19-10-12-21(13-11-19)34(31,32)28-25-26-14-15-33-25/h1-15,17,27H,16H2,(H,26,28). The van der Waals surface area contributed by atoms with E-state index in [4.69, 9.17) is 0 Å². The summed E-state index contributed by atoms with van der Waals surface area (Å²) >= 11 is 1.22. The maximum absolute atomic E-state index is 13.1. The zero-order valence-electron chi connectivity index (χ0n) is 17.9. The van der Waals surface area contributed by atoms with Gasteiger partial charge in [-0.05, 0) is 53.4 Å². The van der Waals surface area contributed by atoms with Crippen LogP contribution in [0.5, 0.6) is 0 Å². The summed E-state index contributed by atoms with van der Waals surface area (Å²) in [5.74, 6) is 0. The summed E-state index contributed by atoms with van der Waals surface area (Å²) in [6, 6.07) is 23.5. The Hall–Kier alpha value is -3.95. The molecule has 0 bridgehead atoms. The first kappa shape index (κ1) is 21.9. The summed E-state index contributed by atoms with van der Waals surface area (Å²) in [5, 5.41) is 6.87. The van der Waals surface area contributed by atoms with Gasteiger partial charge in [-0.2, -0.15) is 0 Å². The first-order valence-corrected chi connectivity index (χ1v) is 12.8. The number of para-hydroxylation sites is 1. The molecule has 170 valence electrons. The van der Waals surface area contributed by atoms with Gasteiger partial charge in [0.2, 0.25) is 0 Å². The van der Waals surface area contributed by atoms with Crippen molar-refractivity contribution in [3.8, 4) is 5.69 Å². The smallest absolute Gasteiger partial charge is 0.263 e. The van der Waals surface area contributed by atoms with Gasteiger partial charge >= 0.3 is 0 Å². The lowest BCUT2D eigenvalue weighted by Crippen LogP contribution is -2.20. The first-order chi connectivity index (χ1) is 16.5. The van der Waals surface area contributed by atoms with Crippen molar-refractivity contribution in [3.63, 3.8) is 0 Å². The third-order valence-corrected chi connectivity index (χ3v) is 7.52. The Kier molecular flexibility index (Phi) is 5.87. The number of sulfonamides is 1. The molecule has 2 aromatic heterocycles. The van der Waals surface area contributed by atoms with Crippen LogP contribution in [0.2, 0.25) is 0 Å². The van der Waals surface area contributed by atoms with Crippen LogP contribution < -0.4 is 15.6 Å². The maximum atomic E-state index is 13.1. The van der Waals surface area contributed by atoms with Crippen molar-refractivity contribution < 1.29 is 8.42 Å². The minimum Gasteiger partial charge on any atom is -0.381 e. The van der Waals surface area contributed by atoms with Crippen molar-refractivity contribution in [2.75, 3.05) is 10.0 Å². The second-order valence-electron chi connectivity index (χ2n) is 7.53. The third kappa shape index (κ3) is 4.43. The summed E-state index contributed by atoms with van der Waals surface area (Å²) < 4.78 is 29.2. The van der Waals surface area contributed by atoms with E-state index in [0.29, 0.717) is 17.1 Å². The highest BCUT2D eigenvalue weighted by molar-refractivity contribution is 7.93. The monoisotopic (exact) mass is 488 g/mol. The van der Waals surface area contributed by atoms with E-state index < -0.39 is 10.0 Å². The highest BCUT2D eigenvalue weighted by atomic mass is 32.2. The normalized spacial score (nSPS) is 11.4. The zero-order chi connectivity index (χ0) is 23.5. The molecule has 0 radical (unpaired) electrons. The number of anilines is 2. The molecule has 0 unspecified atom stereocenters. The van der Waals surface area contributed by atoms with Gasteiger partial charge in [0.1, 0.15) is 0 Å². The fourth-order valence-electron chi connectivity index (χ4n) is 3.68. The van der Waals surface area contributed by atoms with Crippen LogP contribution in [0.4, 0.5) is 10.8 Å². The highest BCUT2D eigenvalue weighted by Crippen LogP contribution is 2.22. The molecule has 0 spiro atoms.